The molecule has 0 unspecified atom stereocenters. The number of pyridine rings is 1. The molecule has 0 aliphatic rings. The predicted octanol–water partition coefficient (Wildman–Crippen LogP) is 4.59. The molecule has 0 spiro atoms. The van der Waals surface area contributed by atoms with Gasteiger partial charge in [-0.05, 0) is 49.7 Å². The third-order valence-electron chi connectivity index (χ3n) is 3.85. The quantitative estimate of drug-likeness (QED) is 0.763. The Morgan fingerprint density at radius 1 is 0.909 bits per heavy atom. The van der Waals surface area contributed by atoms with Crippen LogP contribution in [0.4, 0.5) is 5.82 Å². The van der Waals surface area contributed by atoms with Gasteiger partial charge in [-0.25, -0.2) is 4.98 Å². The van der Waals surface area contributed by atoms with Gasteiger partial charge in [-0.2, -0.15) is 0 Å². The van der Waals surface area contributed by atoms with E-state index in [0.29, 0.717) is 0 Å². The molecule has 22 heavy (non-hydrogen) atoms. The van der Waals surface area contributed by atoms with E-state index in [9.17, 15) is 0 Å². The highest BCUT2D eigenvalue weighted by molar-refractivity contribution is 5.80. The smallest absolute Gasteiger partial charge is 0.127 e. The fourth-order valence-corrected chi connectivity index (χ4v) is 2.54. The van der Waals surface area contributed by atoms with Crippen molar-refractivity contribution in [3.05, 3.63) is 66.2 Å². The molecule has 1 aromatic heterocycles. The van der Waals surface area contributed by atoms with Gasteiger partial charge in [-0.1, -0.05) is 30.3 Å². The number of nitrogens with zero attached hydrogens (tertiary/aromatic N) is 1. The first kappa shape index (κ1) is 14.4. The maximum atomic E-state index is 5.22. The first-order valence-corrected chi connectivity index (χ1v) is 7.37. The topological polar surface area (TPSA) is 34.1 Å². The van der Waals surface area contributed by atoms with Crippen molar-refractivity contribution in [2.75, 3.05) is 12.4 Å². The molecule has 0 radical (unpaired) electrons. The third kappa shape index (κ3) is 2.89. The minimum atomic E-state index is -0.221. The molecule has 0 amide bonds. The van der Waals surface area contributed by atoms with E-state index in [1.54, 1.807) is 7.11 Å². The lowest BCUT2D eigenvalue weighted by molar-refractivity contribution is 0.414. The van der Waals surface area contributed by atoms with Gasteiger partial charge in [0.2, 0.25) is 0 Å². The highest BCUT2D eigenvalue weighted by atomic mass is 16.5. The number of fused-ring (bicyclic) bond motifs is 1. The van der Waals surface area contributed by atoms with Gasteiger partial charge in [0.15, 0.2) is 0 Å². The molecule has 0 saturated heterocycles. The van der Waals surface area contributed by atoms with E-state index >= 15 is 0 Å². The summed E-state index contributed by atoms with van der Waals surface area (Å²) in [4.78, 5) is 4.68. The molecule has 0 aliphatic heterocycles. The lowest BCUT2D eigenvalue weighted by Gasteiger charge is -2.28. The molecular formula is C19H20N2O. The van der Waals surface area contributed by atoms with Crippen molar-refractivity contribution < 1.29 is 4.74 Å². The zero-order valence-electron chi connectivity index (χ0n) is 13.1. The fraction of sp³-hybridized carbons (Fsp3) is 0.211. The van der Waals surface area contributed by atoms with Gasteiger partial charge in [0.05, 0.1) is 18.2 Å². The average Bonchev–Trinajstić information content (AvgIpc) is 2.54. The summed E-state index contributed by atoms with van der Waals surface area (Å²) in [5.41, 5.74) is 1.96. The lowest BCUT2D eigenvalue weighted by Crippen LogP contribution is -2.28. The van der Waals surface area contributed by atoms with Crippen LogP contribution in [0.1, 0.15) is 19.4 Å². The maximum absolute atomic E-state index is 5.22. The Bertz CT molecular complexity index is 779. The van der Waals surface area contributed by atoms with Gasteiger partial charge < -0.3 is 10.1 Å². The standard InChI is InChI=1S/C19H20N2O/c1-19(2,15-9-11-16(22-3)12-10-15)21-18-13-8-14-6-4-5-7-17(14)20-18/h4-13H,1-3H3,(H,20,21). The minimum Gasteiger partial charge on any atom is -0.497 e. The highest BCUT2D eigenvalue weighted by Crippen LogP contribution is 2.27. The van der Waals surface area contributed by atoms with Crippen LogP contribution in [0.25, 0.3) is 10.9 Å². The van der Waals surface area contributed by atoms with E-state index in [1.165, 1.54) is 5.56 Å². The molecule has 0 fully saturated rings. The molecule has 3 nitrogen and oxygen atoms in total. The Hall–Kier alpha value is -2.55. The Balaban J connectivity index is 1.87. The summed E-state index contributed by atoms with van der Waals surface area (Å²) in [7, 11) is 1.68. The molecule has 1 heterocycles. The van der Waals surface area contributed by atoms with Crippen molar-refractivity contribution in [2.24, 2.45) is 0 Å². The molecule has 1 N–H and O–H groups in total. The number of aromatic nitrogens is 1. The summed E-state index contributed by atoms with van der Waals surface area (Å²) in [5.74, 6) is 1.74. The molecule has 112 valence electrons. The van der Waals surface area contributed by atoms with Gasteiger partial charge in [0.25, 0.3) is 0 Å². The second-order valence-corrected chi connectivity index (χ2v) is 5.87. The summed E-state index contributed by atoms with van der Waals surface area (Å²) >= 11 is 0. The van der Waals surface area contributed by atoms with E-state index in [1.807, 2.05) is 36.4 Å². The summed E-state index contributed by atoms with van der Waals surface area (Å²) in [5, 5.41) is 4.66. The van der Waals surface area contributed by atoms with Crippen LogP contribution in [0.2, 0.25) is 0 Å². The van der Waals surface area contributed by atoms with Gasteiger partial charge in [0.1, 0.15) is 11.6 Å². The van der Waals surface area contributed by atoms with E-state index < -0.39 is 0 Å². The van der Waals surface area contributed by atoms with Crippen LogP contribution in [0.5, 0.6) is 5.75 Å². The number of ether oxygens (including phenoxy) is 1. The Labute approximate surface area is 131 Å². The largest absolute Gasteiger partial charge is 0.497 e. The van der Waals surface area contributed by atoms with Crippen LogP contribution in [0.3, 0.4) is 0 Å². The summed E-state index contributed by atoms with van der Waals surface area (Å²) in [6.45, 7) is 4.29. The zero-order chi connectivity index (χ0) is 15.6. The molecular weight excluding hydrogens is 272 g/mol. The molecule has 0 aliphatic carbocycles. The van der Waals surface area contributed by atoms with E-state index in [4.69, 9.17) is 4.74 Å². The van der Waals surface area contributed by atoms with Crippen molar-refractivity contribution >= 4 is 16.7 Å². The second-order valence-electron chi connectivity index (χ2n) is 5.87. The van der Waals surface area contributed by atoms with Crippen LogP contribution in [0, 0.1) is 0 Å². The van der Waals surface area contributed by atoms with E-state index in [2.05, 4.69) is 48.4 Å². The van der Waals surface area contributed by atoms with Crippen LogP contribution in [-0.4, -0.2) is 12.1 Å². The van der Waals surface area contributed by atoms with Gasteiger partial charge in [-0.3, -0.25) is 0 Å². The van der Waals surface area contributed by atoms with Crippen molar-refractivity contribution in [1.29, 1.82) is 0 Å². The molecule has 3 rings (SSSR count). The first-order chi connectivity index (χ1) is 10.6. The van der Waals surface area contributed by atoms with Crippen LogP contribution >= 0.6 is 0 Å². The molecule has 3 aromatic rings. The van der Waals surface area contributed by atoms with Crippen molar-refractivity contribution in [2.45, 2.75) is 19.4 Å². The van der Waals surface area contributed by atoms with Crippen molar-refractivity contribution in [1.82, 2.24) is 4.98 Å². The summed E-state index contributed by atoms with van der Waals surface area (Å²) in [6, 6.07) is 20.4. The molecule has 0 bridgehead atoms. The molecule has 0 atom stereocenters. The van der Waals surface area contributed by atoms with E-state index in [-0.39, 0.29) is 5.54 Å². The Morgan fingerprint density at radius 3 is 2.36 bits per heavy atom. The first-order valence-electron chi connectivity index (χ1n) is 7.37. The third-order valence-corrected chi connectivity index (χ3v) is 3.85. The predicted molar refractivity (Wildman–Crippen MR) is 91.4 cm³/mol. The average molecular weight is 292 g/mol. The molecule has 3 heteroatoms. The normalized spacial score (nSPS) is 11.4. The van der Waals surface area contributed by atoms with Gasteiger partial charge >= 0.3 is 0 Å². The Kier molecular flexibility index (Phi) is 3.72. The second kappa shape index (κ2) is 5.68. The molecule has 2 aromatic carbocycles. The number of methoxy groups -OCH3 is 1. The van der Waals surface area contributed by atoms with Crippen molar-refractivity contribution in [3.8, 4) is 5.75 Å². The summed E-state index contributed by atoms with van der Waals surface area (Å²) < 4.78 is 5.22. The summed E-state index contributed by atoms with van der Waals surface area (Å²) in [6.07, 6.45) is 0. The number of para-hydroxylation sites is 1. The lowest BCUT2D eigenvalue weighted by atomic mass is 9.94. The highest BCUT2D eigenvalue weighted by Gasteiger charge is 2.20. The Morgan fingerprint density at radius 2 is 1.64 bits per heavy atom. The number of anilines is 1. The van der Waals surface area contributed by atoms with E-state index in [0.717, 1.165) is 22.5 Å². The van der Waals surface area contributed by atoms with Gasteiger partial charge in [0, 0.05) is 5.39 Å². The fourth-order valence-electron chi connectivity index (χ4n) is 2.54. The number of nitrogens with one attached hydrogen (secondary N) is 1. The number of rotatable bonds is 4. The minimum absolute atomic E-state index is 0.221. The maximum Gasteiger partial charge on any atom is 0.127 e. The number of benzene rings is 2. The monoisotopic (exact) mass is 292 g/mol. The van der Waals surface area contributed by atoms with Crippen molar-refractivity contribution in [3.63, 3.8) is 0 Å². The molecule has 0 saturated carbocycles. The van der Waals surface area contributed by atoms with Crippen LogP contribution in [-0.2, 0) is 5.54 Å². The SMILES string of the molecule is COc1ccc(C(C)(C)Nc2ccc3ccccc3n2)cc1. The van der Waals surface area contributed by atoms with Crippen LogP contribution < -0.4 is 10.1 Å². The number of hydrogen-bond acceptors (Lipinski definition) is 3. The zero-order valence-corrected chi connectivity index (χ0v) is 13.1. The van der Waals surface area contributed by atoms with Gasteiger partial charge in [-0.15, -0.1) is 0 Å². The van der Waals surface area contributed by atoms with Crippen LogP contribution in [0.15, 0.2) is 60.7 Å². The number of hydrogen-bond donors (Lipinski definition) is 1.